The molecule has 2 rings (SSSR count). The van der Waals surface area contributed by atoms with Gasteiger partial charge in [-0.1, -0.05) is 38.8 Å². The molecular weight excluding hydrogens is 352 g/mol. The molecule has 0 spiro atoms. The summed E-state index contributed by atoms with van der Waals surface area (Å²) in [6.45, 7) is 10.3. The third kappa shape index (κ3) is 5.61. The monoisotopic (exact) mass is 380 g/mol. The fourth-order valence-electron chi connectivity index (χ4n) is 3.01. The lowest BCUT2D eigenvalue weighted by Gasteiger charge is -2.37. The standard InChI is InChI=1S/C19H29ClN4O2/c1-4-14(3)17(18(25)24-12-10-23(5-2)11-13-24)22-19(26)21-16-8-6-15(20)7-9-16/h6-9,14,17H,4-5,10-13H2,1-3H3,(H2,21,22,26). The number of hydrogen-bond acceptors (Lipinski definition) is 3. The SMILES string of the molecule is CCC(C)C(NC(=O)Nc1ccc(Cl)cc1)C(=O)N1CCN(CC)CC1. The van der Waals surface area contributed by atoms with E-state index in [9.17, 15) is 9.59 Å². The van der Waals surface area contributed by atoms with Crippen LogP contribution in [0.15, 0.2) is 24.3 Å². The molecule has 6 nitrogen and oxygen atoms in total. The molecule has 144 valence electrons. The lowest BCUT2D eigenvalue weighted by molar-refractivity contribution is -0.136. The minimum atomic E-state index is -0.527. The molecule has 0 bridgehead atoms. The molecule has 2 atom stereocenters. The highest BCUT2D eigenvalue weighted by Gasteiger charge is 2.31. The van der Waals surface area contributed by atoms with Crippen molar-refractivity contribution in [2.45, 2.75) is 33.2 Å². The van der Waals surface area contributed by atoms with Gasteiger partial charge in [-0.3, -0.25) is 4.79 Å². The summed E-state index contributed by atoms with van der Waals surface area (Å²) in [5.74, 6) is 0.0593. The van der Waals surface area contributed by atoms with Gasteiger partial charge < -0.3 is 20.4 Å². The zero-order valence-electron chi connectivity index (χ0n) is 15.8. The lowest BCUT2D eigenvalue weighted by Crippen LogP contribution is -2.57. The molecule has 26 heavy (non-hydrogen) atoms. The van der Waals surface area contributed by atoms with E-state index in [1.54, 1.807) is 24.3 Å². The predicted molar refractivity (Wildman–Crippen MR) is 106 cm³/mol. The molecule has 1 aliphatic rings. The third-order valence-corrected chi connectivity index (χ3v) is 5.25. The maximum absolute atomic E-state index is 13.0. The van der Waals surface area contributed by atoms with Crippen molar-refractivity contribution in [3.8, 4) is 0 Å². The number of hydrogen-bond donors (Lipinski definition) is 2. The third-order valence-electron chi connectivity index (χ3n) is 5.00. The number of nitrogens with one attached hydrogen (secondary N) is 2. The normalized spacial score (nSPS) is 17.5. The Labute approximate surface area is 160 Å². The van der Waals surface area contributed by atoms with E-state index in [4.69, 9.17) is 11.6 Å². The fourth-order valence-corrected chi connectivity index (χ4v) is 3.13. The minimum Gasteiger partial charge on any atom is -0.338 e. The van der Waals surface area contributed by atoms with Crippen LogP contribution < -0.4 is 10.6 Å². The van der Waals surface area contributed by atoms with Crippen molar-refractivity contribution in [3.05, 3.63) is 29.3 Å². The van der Waals surface area contributed by atoms with Gasteiger partial charge in [-0.05, 0) is 36.7 Å². The average Bonchev–Trinajstić information content (AvgIpc) is 2.67. The molecule has 1 aromatic carbocycles. The van der Waals surface area contributed by atoms with Gasteiger partial charge >= 0.3 is 6.03 Å². The van der Waals surface area contributed by atoms with Crippen LogP contribution >= 0.6 is 11.6 Å². The van der Waals surface area contributed by atoms with Gasteiger partial charge in [0.15, 0.2) is 0 Å². The Hall–Kier alpha value is -1.79. The number of likely N-dealkylation sites (N-methyl/N-ethyl adjacent to an activating group) is 1. The number of urea groups is 1. The highest BCUT2D eigenvalue weighted by Crippen LogP contribution is 2.15. The molecule has 2 N–H and O–H groups in total. The number of carbonyl (C=O) groups is 2. The summed E-state index contributed by atoms with van der Waals surface area (Å²) in [5, 5.41) is 6.24. The van der Waals surface area contributed by atoms with Crippen LogP contribution in [0, 0.1) is 5.92 Å². The summed E-state index contributed by atoms with van der Waals surface area (Å²) in [5.41, 5.74) is 0.638. The number of benzene rings is 1. The first kappa shape index (κ1) is 20.5. The Morgan fingerprint density at radius 3 is 2.27 bits per heavy atom. The average molecular weight is 381 g/mol. The van der Waals surface area contributed by atoms with Crippen molar-refractivity contribution in [3.63, 3.8) is 0 Å². The Kier molecular flexibility index (Phi) is 7.72. The minimum absolute atomic E-state index is 0.00126. The molecule has 7 heteroatoms. The highest BCUT2D eigenvalue weighted by atomic mass is 35.5. The molecule has 1 saturated heterocycles. The van der Waals surface area contributed by atoms with Gasteiger partial charge in [-0.25, -0.2) is 4.79 Å². The molecule has 0 aliphatic carbocycles. The Balaban J connectivity index is 1.98. The van der Waals surface area contributed by atoms with E-state index < -0.39 is 6.04 Å². The summed E-state index contributed by atoms with van der Waals surface area (Å²) in [4.78, 5) is 29.5. The van der Waals surface area contributed by atoms with Gasteiger partial charge in [-0.2, -0.15) is 0 Å². The van der Waals surface area contributed by atoms with E-state index in [1.807, 2.05) is 18.7 Å². The van der Waals surface area contributed by atoms with Crippen molar-refractivity contribution in [2.75, 3.05) is 38.0 Å². The smallest absolute Gasteiger partial charge is 0.319 e. The first-order valence-electron chi connectivity index (χ1n) is 9.28. The number of amides is 3. The van der Waals surface area contributed by atoms with Crippen molar-refractivity contribution in [2.24, 2.45) is 5.92 Å². The summed E-state index contributed by atoms with van der Waals surface area (Å²) in [7, 11) is 0. The second-order valence-corrected chi connectivity index (χ2v) is 7.16. The van der Waals surface area contributed by atoms with Crippen molar-refractivity contribution >= 4 is 29.2 Å². The number of carbonyl (C=O) groups excluding carboxylic acids is 2. The van der Waals surface area contributed by atoms with Crippen LogP contribution in [-0.4, -0.2) is 60.5 Å². The second kappa shape index (κ2) is 9.78. The maximum Gasteiger partial charge on any atom is 0.319 e. The van der Waals surface area contributed by atoms with Gasteiger partial charge in [0, 0.05) is 36.9 Å². The van der Waals surface area contributed by atoms with Crippen LogP contribution in [0.2, 0.25) is 5.02 Å². The summed E-state index contributed by atoms with van der Waals surface area (Å²) >= 11 is 5.86. The molecule has 0 saturated carbocycles. The van der Waals surface area contributed by atoms with Crippen LogP contribution in [-0.2, 0) is 4.79 Å². The molecular formula is C19H29ClN4O2. The molecule has 1 aromatic rings. The first-order valence-corrected chi connectivity index (χ1v) is 9.66. The van der Waals surface area contributed by atoms with Crippen LogP contribution in [0.4, 0.5) is 10.5 Å². The fraction of sp³-hybridized carbons (Fsp3) is 0.579. The maximum atomic E-state index is 13.0. The quantitative estimate of drug-likeness (QED) is 0.797. The molecule has 0 aromatic heterocycles. The largest absolute Gasteiger partial charge is 0.338 e. The molecule has 1 aliphatic heterocycles. The summed E-state index contributed by atoms with van der Waals surface area (Å²) in [6.07, 6.45) is 0.812. The number of halogens is 1. The van der Waals surface area contributed by atoms with E-state index in [0.29, 0.717) is 23.8 Å². The van der Waals surface area contributed by atoms with Crippen molar-refractivity contribution in [1.82, 2.24) is 15.1 Å². The zero-order chi connectivity index (χ0) is 19.1. The Morgan fingerprint density at radius 1 is 1.12 bits per heavy atom. The van der Waals surface area contributed by atoms with E-state index in [1.165, 1.54) is 0 Å². The van der Waals surface area contributed by atoms with E-state index in [-0.39, 0.29) is 17.9 Å². The predicted octanol–water partition coefficient (Wildman–Crippen LogP) is 3.04. The molecule has 3 amide bonds. The lowest BCUT2D eigenvalue weighted by atomic mass is 9.97. The van der Waals surface area contributed by atoms with Crippen LogP contribution in [0.25, 0.3) is 0 Å². The van der Waals surface area contributed by atoms with Gasteiger partial charge in [0.1, 0.15) is 6.04 Å². The number of piperazine rings is 1. The number of anilines is 1. The van der Waals surface area contributed by atoms with Gasteiger partial charge in [-0.15, -0.1) is 0 Å². The van der Waals surface area contributed by atoms with Crippen molar-refractivity contribution in [1.29, 1.82) is 0 Å². The van der Waals surface area contributed by atoms with Gasteiger partial charge in [0.2, 0.25) is 5.91 Å². The number of rotatable bonds is 6. The van der Waals surface area contributed by atoms with Crippen molar-refractivity contribution < 1.29 is 9.59 Å². The van der Waals surface area contributed by atoms with Gasteiger partial charge in [0.25, 0.3) is 0 Å². The topological polar surface area (TPSA) is 64.7 Å². The highest BCUT2D eigenvalue weighted by molar-refractivity contribution is 6.30. The zero-order valence-corrected chi connectivity index (χ0v) is 16.6. The second-order valence-electron chi connectivity index (χ2n) is 6.73. The van der Waals surface area contributed by atoms with E-state index in [0.717, 1.165) is 26.1 Å². The number of nitrogens with zero attached hydrogens (tertiary/aromatic N) is 2. The Morgan fingerprint density at radius 2 is 1.73 bits per heavy atom. The molecule has 0 radical (unpaired) electrons. The molecule has 2 unspecified atom stereocenters. The Bertz CT molecular complexity index is 600. The molecule has 1 fully saturated rings. The van der Waals surface area contributed by atoms with E-state index in [2.05, 4.69) is 22.5 Å². The van der Waals surface area contributed by atoms with Crippen LogP contribution in [0.1, 0.15) is 27.2 Å². The summed E-state index contributed by atoms with van der Waals surface area (Å²) in [6, 6.07) is 5.97. The van der Waals surface area contributed by atoms with Gasteiger partial charge in [0.05, 0.1) is 0 Å². The first-order chi connectivity index (χ1) is 12.4. The molecule has 1 heterocycles. The van der Waals surface area contributed by atoms with Crippen LogP contribution in [0.3, 0.4) is 0 Å². The van der Waals surface area contributed by atoms with E-state index >= 15 is 0 Å². The van der Waals surface area contributed by atoms with Crippen LogP contribution in [0.5, 0.6) is 0 Å². The summed E-state index contributed by atoms with van der Waals surface area (Å²) < 4.78 is 0.